The van der Waals surface area contributed by atoms with Gasteiger partial charge in [0, 0.05) is 27.2 Å². The highest BCUT2D eigenvalue weighted by Gasteiger charge is 2.06. The fourth-order valence-corrected chi connectivity index (χ4v) is 1.76. The summed E-state index contributed by atoms with van der Waals surface area (Å²) in [6.07, 6.45) is 1.22. The van der Waals surface area contributed by atoms with Crippen LogP contribution in [-0.4, -0.2) is 50.5 Å². The number of hydrogen-bond acceptors (Lipinski definition) is 2. The largest absolute Gasteiger partial charge is 0.356 e. The van der Waals surface area contributed by atoms with Crippen LogP contribution in [0.25, 0.3) is 0 Å². The molecule has 0 saturated carbocycles. The SMILES string of the molecule is CCCNC(=NCC(=O)N(C)C)NCCc1cc(F)ccc1F.I. The van der Waals surface area contributed by atoms with E-state index in [0.29, 0.717) is 31.0 Å². The molecule has 0 heterocycles. The van der Waals surface area contributed by atoms with Crippen LogP contribution in [0, 0.1) is 11.6 Å². The van der Waals surface area contributed by atoms with E-state index in [4.69, 9.17) is 0 Å². The van der Waals surface area contributed by atoms with Gasteiger partial charge in [-0.25, -0.2) is 13.8 Å². The fraction of sp³-hybridized carbons (Fsp3) is 0.500. The number of benzene rings is 1. The van der Waals surface area contributed by atoms with Crippen molar-refractivity contribution in [1.29, 1.82) is 0 Å². The van der Waals surface area contributed by atoms with Gasteiger partial charge in [0.25, 0.3) is 0 Å². The molecule has 0 aliphatic rings. The summed E-state index contributed by atoms with van der Waals surface area (Å²) < 4.78 is 26.7. The summed E-state index contributed by atoms with van der Waals surface area (Å²) in [5.74, 6) is -0.524. The Bertz CT molecular complexity index is 553. The highest BCUT2D eigenvalue weighted by molar-refractivity contribution is 14.0. The van der Waals surface area contributed by atoms with Crippen molar-refractivity contribution in [3.05, 3.63) is 35.4 Å². The molecule has 0 aliphatic heterocycles. The maximum absolute atomic E-state index is 13.5. The summed E-state index contributed by atoms with van der Waals surface area (Å²) in [7, 11) is 3.33. The number of aliphatic imine (C=N–C) groups is 1. The zero-order chi connectivity index (χ0) is 17.2. The average Bonchev–Trinajstić information content (AvgIpc) is 2.52. The predicted molar refractivity (Wildman–Crippen MR) is 103 cm³/mol. The van der Waals surface area contributed by atoms with Crippen LogP contribution in [0.4, 0.5) is 8.78 Å². The first-order valence-electron chi connectivity index (χ1n) is 7.60. The van der Waals surface area contributed by atoms with Crippen molar-refractivity contribution in [3.63, 3.8) is 0 Å². The van der Waals surface area contributed by atoms with Crippen LogP contribution in [-0.2, 0) is 11.2 Å². The minimum Gasteiger partial charge on any atom is -0.356 e. The molecule has 0 aliphatic carbocycles. The van der Waals surface area contributed by atoms with Crippen LogP contribution in [0.1, 0.15) is 18.9 Å². The van der Waals surface area contributed by atoms with Gasteiger partial charge in [0.15, 0.2) is 5.96 Å². The number of nitrogens with zero attached hydrogens (tertiary/aromatic N) is 2. The van der Waals surface area contributed by atoms with Gasteiger partial charge in [0.05, 0.1) is 0 Å². The lowest BCUT2D eigenvalue weighted by Crippen LogP contribution is -2.39. The maximum atomic E-state index is 13.5. The Morgan fingerprint density at radius 2 is 1.88 bits per heavy atom. The van der Waals surface area contributed by atoms with Gasteiger partial charge in [-0.05, 0) is 36.6 Å². The zero-order valence-electron chi connectivity index (χ0n) is 14.2. The summed E-state index contributed by atoms with van der Waals surface area (Å²) in [6, 6.07) is 3.39. The number of carbonyl (C=O) groups is 1. The highest BCUT2D eigenvalue weighted by atomic mass is 127. The second kappa shape index (κ2) is 12.0. The van der Waals surface area contributed by atoms with E-state index in [2.05, 4.69) is 15.6 Å². The van der Waals surface area contributed by atoms with Gasteiger partial charge in [0.2, 0.25) is 5.91 Å². The summed E-state index contributed by atoms with van der Waals surface area (Å²) in [4.78, 5) is 17.2. The second-order valence-electron chi connectivity index (χ2n) is 5.29. The monoisotopic (exact) mass is 454 g/mol. The molecule has 0 atom stereocenters. The molecule has 0 unspecified atom stereocenters. The zero-order valence-corrected chi connectivity index (χ0v) is 16.6. The Labute approximate surface area is 158 Å². The molecule has 8 heteroatoms. The van der Waals surface area contributed by atoms with Gasteiger partial charge in [-0.15, -0.1) is 24.0 Å². The van der Waals surface area contributed by atoms with Crippen LogP contribution >= 0.6 is 24.0 Å². The third kappa shape index (κ3) is 8.42. The van der Waals surface area contributed by atoms with Crippen LogP contribution in [0.15, 0.2) is 23.2 Å². The average molecular weight is 454 g/mol. The van der Waals surface area contributed by atoms with E-state index in [-0.39, 0.29) is 36.4 Å². The fourth-order valence-electron chi connectivity index (χ4n) is 1.76. The lowest BCUT2D eigenvalue weighted by molar-refractivity contribution is -0.127. The Morgan fingerprint density at radius 1 is 1.21 bits per heavy atom. The van der Waals surface area contributed by atoms with E-state index in [1.807, 2.05) is 6.92 Å². The lowest BCUT2D eigenvalue weighted by Gasteiger charge is -2.13. The van der Waals surface area contributed by atoms with Crippen molar-refractivity contribution < 1.29 is 13.6 Å². The Hall–Kier alpha value is -1.45. The number of guanidine groups is 1. The van der Waals surface area contributed by atoms with Crippen molar-refractivity contribution in [2.24, 2.45) is 4.99 Å². The Balaban J connectivity index is 0.00000529. The topological polar surface area (TPSA) is 56.7 Å². The number of rotatable bonds is 7. The minimum atomic E-state index is -0.462. The minimum absolute atomic E-state index is 0. The predicted octanol–water partition coefficient (Wildman–Crippen LogP) is 2.16. The van der Waals surface area contributed by atoms with Gasteiger partial charge in [-0.2, -0.15) is 0 Å². The molecule has 136 valence electrons. The molecule has 0 fully saturated rings. The maximum Gasteiger partial charge on any atom is 0.243 e. The van der Waals surface area contributed by atoms with Crippen molar-refractivity contribution in [3.8, 4) is 0 Å². The lowest BCUT2D eigenvalue weighted by atomic mass is 10.1. The molecule has 0 aromatic heterocycles. The number of hydrogen-bond donors (Lipinski definition) is 2. The smallest absolute Gasteiger partial charge is 0.243 e. The second-order valence-corrected chi connectivity index (χ2v) is 5.29. The molecule has 0 spiro atoms. The van der Waals surface area contributed by atoms with Crippen molar-refractivity contribution in [2.75, 3.05) is 33.7 Å². The van der Waals surface area contributed by atoms with Crippen molar-refractivity contribution >= 4 is 35.8 Å². The van der Waals surface area contributed by atoms with E-state index in [9.17, 15) is 13.6 Å². The molecule has 0 saturated heterocycles. The standard InChI is InChI=1S/C16H24F2N4O.HI/c1-4-8-19-16(21-11-15(23)22(2)3)20-9-7-12-10-13(17)5-6-14(12)18;/h5-6,10H,4,7-9,11H2,1-3H3,(H2,19,20,21);1H. The summed E-state index contributed by atoms with van der Waals surface area (Å²) in [5, 5.41) is 6.10. The quantitative estimate of drug-likeness (QED) is 0.377. The molecular formula is C16H25F2IN4O. The van der Waals surface area contributed by atoms with Gasteiger partial charge in [-0.1, -0.05) is 6.92 Å². The Morgan fingerprint density at radius 3 is 2.50 bits per heavy atom. The molecule has 24 heavy (non-hydrogen) atoms. The molecule has 1 amide bonds. The number of amides is 1. The first-order valence-corrected chi connectivity index (χ1v) is 7.60. The molecule has 1 rings (SSSR count). The van der Waals surface area contributed by atoms with E-state index in [1.54, 1.807) is 14.1 Å². The van der Waals surface area contributed by atoms with Crippen LogP contribution < -0.4 is 10.6 Å². The van der Waals surface area contributed by atoms with Crippen LogP contribution in [0.5, 0.6) is 0 Å². The molecule has 0 bridgehead atoms. The molecule has 5 nitrogen and oxygen atoms in total. The van der Waals surface area contributed by atoms with Gasteiger partial charge < -0.3 is 15.5 Å². The number of carbonyl (C=O) groups excluding carboxylic acids is 1. The van der Waals surface area contributed by atoms with Crippen molar-refractivity contribution in [1.82, 2.24) is 15.5 Å². The highest BCUT2D eigenvalue weighted by Crippen LogP contribution is 2.09. The van der Waals surface area contributed by atoms with E-state index < -0.39 is 11.6 Å². The molecule has 0 radical (unpaired) electrons. The molecule has 2 N–H and O–H groups in total. The summed E-state index contributed by atoms with van der Waals surface area (Å²) in [5.41, 5.74) is 0.303. The van der Waals surface area contributed by atoms with E-state index >= 15 is 0 Å². The van der Waals surface area contributed by atoms with E-state index in [0.717, 1.165) is 18.6 Å². The molecule has 1 aromatic rings. The Kier molecular flexibility index (Phi) is 11.3. The summed E-state index contributed by atoms with van der Waals surface area (Å²) in [6.45, 7) is 3.13. The van der Waals surface area contributed by atoms with Gasteiger partial charge in [0.1, 0.15) is 18.2 Å². The van der Waals surface area contributed by atoms with E-state index in [1.165, 1.54) is 11.0 Å². The first-order chi connectivity index (χ1) is 10.9. The van der Waals surface area contributed by atoms with Crippen LogP contribution in [0.2, 0.25) is 0 Å². The third-order valence-electron chi connectivity index (χ3n) is 3.11. The van der Waals surface area contributed by atoms with Gasteiger partial charge >= 0.3 is 0 Å². The number of halogens is 3. The first kappa shape index (κ1) is 22.6. The third-order valence-corrected chi connectivity index (χ3v) is 3.11. The van der Waals surface area contributed by atoms with Crippen LogP contribution in [0.3, 0.4) is 0 Å². The molecular weight excluding hydrogens is 429 g/mol. The summed E-state index contributed by atoms with van der Waals surface area (Å²) >= 11 is 0. The molecule has 1 aromatic carbocycles. The normalized spacial score (nSPS) is 10.8. The number of nitrogens with one attached hydrogen (secondary N) is 2. The number of likely N-dealkylation sites (N-methyl/N-ethyl adjacent to an activating group) is 1. The van der Waals surface area contributed by atoms with Crippen molar-refractivity contribution in [2.45, 2.75) is 19.8 Å². The van der Waals surface area contributed by atoms with Gasteiger partial charge in [-0.3, -0.25) is 4.79 Å².